The standard InChI is InChI=1S/C14H13F2NO/c1-9-2-3-13(16)14(4-9)18-8-10-5-11(15)7-12(17)6-10/h2-7H,8,17H2,1H3. The molecule has 0 heterocycles. The maximum absolute atomic E-state index is 13.4. The second-order valence-corrected chi connectivity index (χ2v) is 4.12. The fourth-order valence-electron chi connectivity index (χ4n) is 1.64. The summed E-state index contributed by atoms with van der Waals surface area (Å²) in [5.41, 5.74) is 7.29. The van der Waals surface area contributed by atoms with E-state index >= 15 is 0 Å². The lowest BCUT2D eigenvalue weighted by Crippen LogP contribution is -1.99. The molecule has 0 fully saturated rings. The third-order valence-corrected chi connectivity index (χ3v) is 2.46. The van der Waals surface area contributed by atoms with Crippen molar-refractivity contribution in [3.05, 3.63) is 59.2 Å². The number of benzene rings is 2. The minimum absolute atomic E-state index is 0.0718. The summed E-state index contributed by atoms with van der Waals surface area (Å²) < 4.78 is 31.8. The molecule has 94 valence electrons. The van der Waals surface area contributed by atoms with Crippen LogP contribution in [0.4, 0.5) is 14.5 Å². The molecule has 2 aromatic carbocycles. The summed E-state index contributed by atoms with van der Waals surface area (Å²) in [6, 6.07) is 8.71. The van der Waals surface area contributed by atoms with Crippen LogP contribution in [0.15, 0.2) is 36.4 Å². The van der Waals surface area contributed by atoms with Crippen LogP contribution < -0.4 is 10.5 Å². The van der Waals surface area contributed by atoms with Crippen LogP contribution in [-0.4, -0.2) is 0 Å². The number of hydrogen-bond acceptors (Lipinski definition) is 2. The topological polar surface area (TPSA) is 35.2 Å². The third kappa shape index (κ3) is 2.97. The molecule has 0 saturated carbocycles. The Morgan fingerprint density at radius 3 is 2.61 bits per heavy atom. The summed E-state index contributed by atoms with van der Waals surface area (Å²) in [6.45, 7) is 1.91. The van der Waals surface area contributed by atoms with Gasteiger partial charge in [0.25, 0.3) is 0 Å². The van der Waals surface area contributed by atoms with Crippen molar-refractivity contribution in [1.82, 2.24) is 0 Å². The Bertz CT molecular complexity index is 549. The Morgan fingerprint density at radius 1 is 1.11 bits per heavy atom. The second kappa shape index (κ2) is 5.04. The van der Waals surface area contributed by atoms with Gasteiger partial charge in [0.1, 0.15) is 12.4 Å². The average Bonchev–Trinajstić information content (AvgIpc) is 2.29. The lowest BCUT2D eigenvalue weighted by molar-refractivity contribution is 0.289. The predicted molar refractivity (Wildman–Crippen MR) is 66.3 cm³/mol. The van der Waals surface area contributed by atoms with Crippen LogP contribution in [0.5, 0.6) is 5.75 Å². The smallest absolute Gasteiger partial charge is 0.165 e. The van der Waals surface area contributed by atoms with E-state index in [4.69, 9.17) is 10.5 Å². The zero-order chi connectivity index (χ0) is 13.1. The quantitative estimate of drug-likeness (QED) is 0.846. The van der Waals surface area contributed by atoms with Crippen molar-refractivity contribution in [2.24, 2.45) is 0 Å². The van der Waals surface area contributed by atoms with Crippen LogP contribution in [-0.2, 0) is 6.61 Å². The van der Waals surface area contributed by atoms with Crippen molar-refractivity contribution in [1.29, 1.82) is 0 Å². The molecule has 0 saturated heterocycles. The normalized spacial score (nSPS) is 10.4. The number of rotatable bonds is 3. The van der Waals surface area contributed by atoms with Crippen molar-refractivity contribution in [3.8, 4) is 5.75 Å². The molecule has 2 N–H and O–H groups in total. The maximum Gasteiger partial charge on any atom is 0.165 e. The van der Waals surface area contributed by atoms with Crippen LogP contribution in [0.3, 0.4) is 0 Å². The predicted octanol–water partition coefficient (Wildman–Crippen LogP) is 3.43. The minimum atomic E-state index is -0.440. The van der Waals surface area contributed by atoms with Gasteiger partial charge in [-0.1, -0.05) is 6.07 Å². The Labute approximate surface area is 104 Å². The summed E-state index contributed by atoms with van der Waals surface area (Å²) >= 11 is 0. The van der Waals surface area contributed by atoms with Gasteiger partial charge in [0.15, 0.2) is 11.6 Å². The van der Waals surface area contributed by atoms with Crippen molar-refractivity contribution in [2.75, 3.05) is 5.73 Å². The van der Waals surface area contributed by atoms with Gasteiger partial charge in [0.2, 0.25) is 0 Å². The Morgan fingerprint density at radius 2 is 1.89 bits per heavy atom. The average molecular weight is 249 g/mol. The van der Waals surface area contributed by atoms with E-state index in [0.717, 1.165) is 5.56 Å². The number of aryl methyl sites for hydroxylation is 1. The minimum Gasteiger partial charge on any atom is -0.486 e. The summed E-state index contributed by atoms with van der Waals surface area (Å²) in [6.07, 6.45) is 0. The summed E-state index contributed by atoms with van der Waals surface area (Å²) in [5.74, 6) is -0.721. The third-order valence-electron chi connectivity index (χ3n) is 2.46. The number of nitrogen functional groups attached to an aromatic ring is 1. The molecule has 0 amide bonds. The molecule has 0 aliphatic carbocycles. The first kappa shape index (κ1) is 12.4. The van der Waals surface area contributed by atoms with Gasteiger partial charge in [0, 0.05) is 5.69 Å². The number of hydrogen-bond donors (Lipinski definition) is 1. The first-order chi connectivity index (χ1) is 8.54. The van der Waals surface area contributed by atoms with Gasteiger partial charge in [-0.25, -0.2) is 8.78 Å². The monoisotopic (exact) mass is 249 g/mol. The molecule has 4 heteroatoms. The van der Waals surface area contributed by atoms with Crippen LogP contribution in [0.25, 0.3) is 0 Å². The molecule has 0 bridgehead atoms. The highest BCUT2D eigenvalue weighted by molar-refractivity contribution is 5.41. The summed E-state index contributed by atoms with van der Waals surface area (Å²) in [5, 5.41) is 0. The first-order valence-corrected chi connectivity index (χ1v) is 5.48. The molecule has 0 atom stereocenters. The van der Waals surface area contributed by atoms with Crippen molar-refractivity contribution >= 4 is 5.69 Å². The van der Waals surface area contributed by atoms with Gasteiger partial charge in [-0.2, -0.15) is 0 Å². The van der Waals surface area contributed by atoms with E-state index in [9.17, 15) is 8.78 Å². The molecule has 2 rings (SSSR count). The van der Waals surface area contributed by atoms with Gasteiger partial charge in [-0.05, 0) is 48.4 Å². The highest BCUT2D eigenvalue weighted by Gasteiger charge is 2.05. The van der Waals surface area contributed by atoms with Crippen molar-refractivity contribution in [2.45, 2.75) is 13.5 Å². The van der Waals surface area contributed by atoms with Crippen LogP contribution in [0.1, 0.15) is 11.1 Å². The van der Waals surface area contributed by atoms with E-state index in [1.807, 2.05) is 6.92 Å². The zero-order valence-corrected chi connectivity index (χ0v) is 9.91. The Balaban J connectivity index is 2.13. The SMILES string of the molecule is Cc1ccc(F)c(OCc2cc(N)cc(F)c2)c1. The summed E-state index contributed by atoms with van der Waals surface area (Å²) in [7, 11) is 0. The fraction of sp³-hybridized carbons (Fsp3) is 0.143. The van der Waals surface area contributed by atoms with Crippen LogP contribution >= 0.6 is 0 Å². The van der Waals surface area contributed by atoms with E-state index < -0.39 is 11.6 Å². The zero-order valence-electron chi connectivity index (χ0n) is 9.91. The van der Waals surface area contributed by atoms with E-state index in [1.54, 1.807) is 18.2 Å². The Hall–Kier alpha value is -2.10. The lowest BCUT2D eigenvalue weighted by atomic mass is 10.2. The molecule has 2 nitrogen and oxygen atoms in total. The second-order valence-electron chi connectivity index (χ2n) is 4.12. The molecule has 0 aliphatic rings. The van der Waals surface area contributed by atoms with Gasteiger partial charge in [-0.15, -0.1) is 0 Å². The van der Waals surface area contributed by atoms with E-state index in [1.165, 1.54) is 18.2 Å². The van der Waals surface area contributed by atoms with Crippen molar-refractivity contribution < 1.29 is 13.5 Å². The van der Waals surface area contributed by atoms with Gasteiger partial charge in [0.05, 0.1) is 0 Å². The molecule has 0 unspecified atom stereocenters. The van der Waals surface area contributed by atoms with E-state index in [0.29, 0.717) is 11.3 Å². The maximum atomic E-state index is 13.4. The molecular formula is C14H13F2NO. The Kier molecular flexibility index (Phi) is 3.46. The molecule has 0 radical (unpaired) electrons. The highest BCUT2D eigenvalue weighted by atomic mass is 19.1. The van der Waals surface area contributed by atoms with Gasteiger partial charge >= 0.3 is 0 Å². The van der Waals surface area contributed by atoms with Crippen molar-refractivity contribution in [3.63, 3.8) is 0 Å². The van der Waals surface area contributed by atoms with Gasteiger partial charge < -0.3 is 10.5 Å². The van der Waals surface area contributed by atoms with E-state index in [-0.39, 0.29) is 12.4 Å². The first-order valence-electron chi connectivity index (χ1n) is 5.48. The molecule has 0 aromatic heterocycles. The number of ether oxygens (including phenoxy) is 1. The summed E-state index contributed by atoms with van der Waals surface area (Å²) in [4.78, 5) is 0. The lowest BCUT2D eigenvalue weighted by Gasteiger charge is -2.08. The number of anilines is 1. The van der Waals surface area contributed by atoms with Crippen LogP contribution in [0, 0.1) is 18.6 Å². The van der Waals surface area contributed by atoms with E-state index in [2.05, 4.69) is 0 Å². The number of halogens is 2. The fourth-order valence-corrected chi connectivity index (χ4v) is 1.64. The molecular weight excluding hydrogens is 236 g/mol. The largest absolute Gasteiger partial charge is 0.486 e. The van der Waals surface area contributed by atoms with Gasteiger partial charge in [-0.3, -0.25) is 0 Å². The molecule has 0 spiro atoms. The molecule has 2 aromatic rings. The van der Waals surface area contributed by atoms with Crippen LogP contribution in [0.2, 0.25) is 0 Å². The molecule has 18 heavy (non-hydrogen) atoms. The number of nitrogens with two attached hydrogens (primary N) is 1. The highest BCUT2D eigenvalue weighted by Crippen LogP contribution is 2.20. The molecule has 0 aliphatic heterocycles.